The van der Waals surface area contributed by atoms with Gasteiger partial charge in [0.1, 0.15) is 0 Å². The SMILES string of the molecule is C[C](C)=[Zr]([Cl])[Cl].[CH2-]C.[F][Zr][F].c1cc2c([cH-]1)CCCC2.c1cc2c([cH-]1)CCCC2.c1cc2c([cH-]1)CCCC2.c1cc2c([cH-]1)CCCC2. The van der Waals surface area contributed by atoms with Crippen LogP contribution in [0.25, 0.3) is 0 Å². The molecule has 4 aromatic carbocycles. The first kappa shape index (κ1) is 42.6. The predicted molar refractivity (Wildman–Crippen MR) is 196 cm³/mol. The van der Waals surface area contributed by atoms with E-state index in [1.165, 1.54) is 106 Å². The van der Waals surface area contributed by atoms with Gasteiger partial charge in [-0.3, -0.25) is 0 Å². The Morgan fingerprint density at radius 3 is 0.894 bits per heavy atom. The van der Waals surface area contributed by atoms with Crippen molar-refractivity contribution >= 4 is 20.2 Å². The minimum absolute atomic E-state index is 1.24. The summed E-state index contributed by atoms with van der Waals surface area (Å²) in [7, 11) is 11.1. The number of hydrogen-bond donors (Lipinski definition) is 0. The van der Waals surface area contributed by atoms with Gasteiger partial charge in [0.05, 0.1) is 0 Å². The second-order valence-electron chi connectivity index (χ2n) is 12.5. The molecule has 0 N–H and O–H groups in total. The van der Waals surface area contributed by atoms with E-state index in [0.717, 1.165) is 0 Å². The molecule has 6 heteroatoms. The van der Waals surface area contributed by atoms with Crippen LogP contribution in [-0.4, -0.2) is 3.21 Å². The Morgan fingerprint density at radius 2 is 0.723 bits per heavy atom. The molecule has 0 aromatic heterocycles. The molecule has 0 spiro atoms. The Labute approximate surface area is 313 Å². The number of rotatable bonds is 0. The van der Waals surface area contributed by atoms with Gasteiger partial charge in [-0.15, -0.1) is 0 Å². The Balaban J connectivity index is 0.000000199. The van der Waals surface area contributed by atoms with Gasteiger partial charge in [0, 0.05) is 0 Å². The van der Waals surface area contributed by atoms with Gasteiger partial charge in [0.25, 0.3) is 0 Å². The zero-order valence-electron chi connectivity index (χ0n) is 29.0. The van der Waals surface area contributed by atoms with Crippen molar-refractivity contribution in [2.75, 3.05) is 0 Å². The third-order valence-electron chi connectivity index (χ3n) is 8.98. The third-order valence-corrected chi connectivity index (χ3v) is 15.3. The molecule has 8 rings (SSSR count). The first-order valence-electron chi connectivity index (χ1n) is 17.5. The van der Waals surface area contributed by atoms with E-state index < -0.39 is 43.3 Å². The topological polar surface area (TPSA) is 0 Å². The van der Waals surface area contributed by atoms with Gasteiger partial charge in [-0.25, -0.2) is 24.3 Å². The van der Waals surface area contributed by atoms with E-state index >= 15 is 0 Å². The Hall–Kier alpha value is -0.524. The van der Waals surface area contributed by atoms with Gasteiger partial charge < -0.3 is 6.92 Å². The Morgan fingerprint density at radius 1 is 0.532 bits per heavy atom. The van der Waals surface area contributed by atoms with Gasteiger partial charge >= 0.3 is 82.7 Å². The van der Waals surface area contributed by atoms with Crippen LogP contribution >= 0.6 is 17.0 Å². The first-order chi connectivity index (χ1) is 22.9. The molecule has 0 nitrogen and oxygen atoms in total. The summed E-state index contributed by atoms with van der Waals surface area (Å²) in [6.07, 6.45) is 21.8. The van der Waals surface area contributed by atoms with Crippen molar-refractivity contribution < 1.29 is 48.6 Å². The van der Waals surface area contributed by atoms with Crippen molar-refractivity contribution in [3.63, 3.8) is 0 Å². The van der Waals surface area contributed by atoms with Crippen LogP contribution in [0.1, 0.15) is 117 Å². The summed E-state index contributed by atoms with van der Waals surface area (Å²) in [4.78, 5) is 0. The molecule has 0 bridgehead atoms. The number of halogens is 4. The largest absolute Gasteiger partial charge is 0.210 e. The van der Waals surface area contributed by atoms with Crippen molar-refractivity contribution in [1.82, 2.24) is 0 Å². The number of fused-ring (bicyclic) bond motifs is 4. The third kappa shape index (κ3) is 16.8. The van der Waals surface area contributed by atoms with Gasteiger partial charge in [0.2, 0.25) is 0 Å². The molecule has 0 saturated carbocycles. The average Bonchev–Trinajstić information content (AvgIpc) is 3.94. The van der Waals surface area contributed by atoms with Crippen LogP contribution in [-0.2, 0) is 94.7 Å². The molecule has 4 aliphatic rings. The summed E-state index contributed by atoms with van der Waals surface area (Å²) in [5, 5.41) is 0. The van der Waals surface area contributed by atoms with Crippen LogP contribution in [0, 0.1) is 6.92 Å². The molecule has 47 heavy (non-hydrogen) atoms. The van der Waals surface area contributed by atoms with E-state index in [0.29, 0.717) is 0 Å². The van der Waals surface area contributed by atoms with Crippen LogP contribution in [0.3, 0.4) is 0 Å². The van der Waals surface area contributed by atoms with Gasteiger partial charge in [-0.05, 0) is 0 Å². The fourth-order valence-electron chi connectivity index (χ4n) is 6.45. The smallest absolute Gasteiger partial charge is 0.0512 e. The minimum atomic E-state index is -2.77. The summed E-state index contributed by atoms with van der Waals surface area (Å²) in [5.74, 6) is 0. The maximum absolute atomic E-state index is 9.80. The fraction of sp³-hybridized carbons (Fsp3) is 0.463. The molecule has 0 unspecified atom stereocenters. The van der Waals surface area contributed by atoms with Crippen LogP contribution in [0.5, 0.6) is 0 Å². The Kier molecular flexibility index (Phi) is 23.9. The van der Waals surface area contributed by atoms with Crippen molar-refractivity contribution in [3.8, 4) is 0 Å². The van der Waals surface area contributed by atoms with Crippen LogP contribution in [0.4, 0.5) is 5.25 Å². The predicted octanol–water partition coefficient (Wildman–Crippen LogP) is 12.9. The van der Waals surface area contributed by atoms with E-state index in [4.69, 9.17) is 17.0 Å². The number of aryl methyl sites for hydroxylation is 8. The van der Waals surface area contributed by atoms with E-state index in [9.17, 15) is 5.25 Å². The van der Waals surface area contributed by atoms with Crippen LogP contribution < -0.4 is 0 Å². The zero-order valence-corrected chi connectivity index (χ0v) is 35.4. The van der Waals surface area contributed by atoms with Crippen molar-refractivity contribution in [2.45, 2.75) is 124 Å². The monoisotopic (exact) mass is 835 g/mol. The summed E-state index contributed by atoms with van der Waals surface area (Å²) in [6, 6.07) is 26.8. The minimum Gasteiger partial charge on any atom is -0.210 e. The van der Waals surface area contributed by atoms with Crippen molar-refractivity contribution in [2.24, 2.45) is 0 Å². The van der Waals surface area contributed by atoms with E-state index in [-0.39, 0.29) is 0 Å². The molecule has 0 aliphatic heterocycles. The van der Waals surface area contributed by atoms with E-state index in [2.05, 4.69) is 79.7 Å². The molecule has 4 aliphatic carbocycles. The van der Waals surface area contributed by atoms with Crippen LogP contribution in [0.15, 0.2) is 72.8 Å². The van der Waals surface area contributed by atoms with Gasteiger partial charge in [0.15, 0.2) is 0 Å². The standard InChI is InChI=1S/4C9H11.C3H6.C2H5.2ClH.2FH.2Zr/c4*1-2-5-9-7-3-6-8(9)4-1;1-3-2;1-2;;;;;;/h4*3,6-7H,1-2,4-5H2;1-2H3;1H2,2H3;4*1H;;/q4*-1;;-1;;;;;2*+2/p-4. The molecule has 0 atom stereocenters. The molecular formula is C41H55Cl2F2Zr2-5. The van der Waals surface area contributed by atoms with Gasteiger partial charge in [-0.2, -0.15) is 100.0 Å². The molecule has 4 aromatic rings. The zero-order chi connectivity index (χ0) is 34.3. The van der Waals surface area contributed by atoms with Crippen LogP contribution in [0.2, 0.25) is 0 Å². The van der Waals surface area contributed by atoms with Crippen molar-refractivity contribution in [3.05, 3.63) is 124 Å². The quantitative estimate of drug-likeness (QED) is 0.155. The summed E-state index contributed by atoms with van der Waals surface area (Å²) in [5.41, 5.74) is 12.8. The summed E-state index contributed by atoms with van der Waals surface area (Å²) in [6.45, 7) is 8.96. The molecule has 0 amide bonds. The van der Waals surface area contributed by atoms with E-state index in [1.807, 2.05) is 13.8 Å². The maximum atomic E-state index is 9.80. The Bertz CT molecular complexity index is 1090. The summed E-state index contributed by atoms with van der Waals surface area (Å²) < 4.78 is 20.8. The molecule has 0 saturated heterocycles. The molecule has 0 heterocycles. The second kappa shape index (κ2) is 26.3. The molecule has 0 fully saturated rings. The van der Waals surface area contributed by atoms with Gasteiger partial charge in [-0.1, -0.05) is 103 Å². The normalized spacial score (nSPS) is 14.7. The van der Waals surface area contributed by atoms with Crippen molar-refractivity contribution in [1.29, 1.82) is 0 Å². The fourth-order valence-corrected chi connectivity index (χ4v) is 6.45. The molecular weight excluding hydrogens is 784 g/mol. The summed E-state index contributed by atoms with van der Waals surface area (Å²) >= 11 is -4.61. The van der Waals surface area contributed by atoms with E-state index in [1.54, 1.807) is 51.4 Å². The second-order valence-corrected chi connectivity index (χ2v) is 22.2. The molecule has 0 radical (unpaired) electrons. The maximum Gasteiger partial charge on any atom is -0.0512 e. The molecule has 260 valence electrons. The number of hydrogen-bond acceptors (Lipinski definition) is 0. The average molecular weight is 839 g/mol. The first-order valence-corrected chi connectivity index (χ1v) is 26.9.